The SMILES string of the molecule is CC(=O)NCCOCCOCCOCCOCCOCCNC(=O)OCC1[C@H]2CCC#CCC[C@@H]12. The van der Waals surface area contributed by atoms with E-state index in [1.54, 1.807) is 0 Å². The summed E-state index contributed by atoms with van der Waals surface area (Å²) >= 11 is 0. The fraction of sp³-hybridized carbons (Fsp3) is 0.840. The molecule has 200 valence electrons. The average Bonchev–Trinajstić information content (AvgIpc) is 3.47. The standard InChI is InChI=1S/C25H42N2O8/c1-21(28)26-8-10-30-12-14-32-16-18-34-19-17-33-15-13-31-11-9-27-25(29)35-20-24-22-6-4-2-3-5-7-23(22)24/h22-24H,4-20H2,1H3,(H,26,28)(H,27,29)/t22-,23+,24?. The summed E-state index contributed by atoms with van der Waals surface area (Å²) in [6, 6.07) is 0. The quantitative estimate of drug-likeness (QED) is 0.191. The van der Waals surface area contributed by atoms with Crippen LogP contribution in [-0.2, 0) is 33.2 Å². The van der Waals surface area contributed by atoms with E-state index in [-0.39, 0.29) is 12.0 Å². The summed E-state index contributed by atoms with van der Waals surface area (Å²) in [6.07, 6.45) is 3.81. The third kappa shape index (κ3) is 15.0. The molecule has 10 nitrogen and oxygen atoms in total. The molecule has 0 aromatic carbocycles. The van der Waals surface area contributed by atoms with Gasteiger partial charge in [-0.2, -0.15) is 0 Å². The van der Waals surface area contributed by atoms with Gasteiger partial charge in [-0.3, -0.25) is 4.79 Å². The van der Waals surface area contributed by atoms with Gasteiger partial charge in [-0.1, -0.05) is 0 Å². The summed E-state index contributed by atoms with van der Waals surface area (Å²) in [5, 5.41) is 5.38. The van der Waals surface area contributed by atoms with Crippen LogP contribution >= 0.6 is 0 Å². The van der Waals surface area contributed by atoms with Crippen LogP contribution in [0.1, 0.15) is 32.6 Å². The molecule has 2 rings (SSSR count). The van der Waals surface area contributed by atoms with E-state index in [2.05, 4.69) is 22.5 Å². The fourth-order valence-corrected chi connectivity index (χ4v) is 4.01. The topological polar surface area (TPSA) is 114 Å². The van der Waals surface area contributed by atoms with Crippen LogP contribution in [0.4, 0.5) is 4.79 Å². The van der Waals surface area contributed by atoms with Gasteiger partial charge in [0.2, 0.25) is 5.91 Å². The molecule has 10 heteroatoms. The average molecular weight is 499 g/mol. The monoisotopic (exact) mass is 498 g/mol. The maximum absolute atomic E-state index is 11.8. The third-order valence-corrected chi connectivity index (χ3v) is 5.87. The Balaban J connectivity index is 1.24. The molecule has 1 unspecified atom stereocenters. The first-order valence-corrected chi connectivity index (χ1v) is 12.7. The Morgan fingerprint density at radius 3 is 1.57 bits per heavy atom. The van der Waals surface area contributed by atoms with Gasteiger partial charge >= 0.3 is 6.09 Å². The van der Waals surface area contributed by atoms with Gasteiger partial charge in [-0.05, 0) is 30.6 Å². The minimum absolute atomic E-state index is 0.0621. The summed E-state index contributed by atoms with van der Waals surface area (Å²) in [4.78, 5) is 22.5. The van der Waals surface area contributed by atoms with Crippen molar-refractivity contribution in [1.82, 2.24) is 10.6 Å². The zero-order valence-electron chi connectivity index (χ0n) is 21.0. The molecule has 2 aliphatic carbocycles. The molecule has 1 saturated carbocycles. The number of hydrogen-bond acceptors (Lipinski definition) is 8. The van der Waals surface area contributed by atoms with E-state index in [1.165, 1.54) is 6.92 Å². The molecule has 2 amide bonds. The first kappa shape index (κ1) is 29.3. The highest BCUT2D eigenvalue weighted by Gasteiger charge is 2.49. The van der Waals surface area contributed by atoms with Gasteiger partial charge in [-0.15, -0.1) is 11.8 Å². The lowest BCUT2D eigenvalue weighted by atomic mass is 10.1. The normalized spacial score (nSPS) is 20.5. The lowest BCUT2D eigenvalue weighted by molar-refractivity contribution is -0.119. The van der Waals surface area contributed by atoms with Crippen molar-refractivity contribution in [3.8, 4) is 11.8 Å². The highest BCUT2D eigenvalue weighted by Crippen LogP contribution is 2.52. The number of rotatable bonds is 20. The summed E-state index contributed by atoms with van der Waals surface area (Å²) in [5.74, 6) is 8.18. The Morgan fingerprint density at radius 2 is 1.11 bits per heavy atom. The van der Waals surface area contributed by atoms with Gasteiger partial charge in [-0.25, -0.2) is 4.79 Å². The fourth-order valence-electron chi connectivity index (χ4n) is 4.01. The second-order valence-electron chi connectivity index (χ2n) is 8.49. The van der Waals surface area contributed by atoms with Crippen molar-refractivity contribution in [3.63, 3.8) is 0 Å². The Bertz CT molecular complexity index is 633. The highest BCUT2D eigenvalue weighted by atomic mass is 16.6. The summed E-state index contributed by atoms with van der Waals surface area (Å²) < 4.78 is 32.3. The van der Waals surface area contributed by atoms with Gasteiger partial charge in [0.15, 0.2) is 0 Å². The minimum atomic E-state index is -0.379. The van der Waals surface area contributed by atoms with Gasteiger partial charge in [0.25, 0.3) is 0 Å². The van der Waals surface area contributed by atoms with Crippen molar-refractivity contribution in [1.29, 1.82) is 0 Å². The van der Waals surface area contributed by atoms with Gasteiger partial charge in [0.1, 0.15) is 0 Å². The van der Waals surface area contributed by atoms with Crippen molar-refractivity contribution in [3.05, 3.63) is 0 Å². The number of nitrogens with one attached hydrogen (secondary N) is 2. The number of fused-ring (bicyclic) bond motifs is 1. The van der Waals surface area contributed by atoms with Crippen LogP contribution in [0.2, 0.25) is 0 Å². The van der Waals surface area contributed by atoms with E-state index in [0.29, 0.717) is 104 Å². The second kappa shape index (κ2) is 19.3. The zero-order valence-corrected chi connectivity index (χ0v) is 21.0. The lowest BCUT2D eigenvalue weighted by Crippen LogP contribution is -2.29. The van der Waals surface area contributed by atoms with Crippen LogP contribution in [0.25, 0.3) is 0 Å². The van der Waals surface area contributed by atoms with E-state index in [4.69, 9.17) is 28.4 Å². The predicted octanol–water partition coefficient (Wildman–Crippen LogP) is 1.37. The van der Waals surface area contributed by atoms with Crippen molar-refractivity contribution < 1.29 is 38.0 Å². The van der Waals surface area contributed by atoms with Crippen molar-refractivity contribution in [2.45, 2.75) is 32.6 Å². The summed E-state index contributed by atoms with van der Waals surface area (Å²) in [5.41, 5.74) is 0. The maximum atomic E-state index is 11.8. The van der Waals surface area contributed by atoms with E-state index in [1.807, 2.05) is 0 Å². The smallest absolute Gasteiger partial charge is 0.407 e. The van der Waals surface area contributed by atoms with E-state index < -0.39 is 0 Å². The maximum Gasteiger partial charge on any atom is 0.407 e. The van der Waals surface area contributed by atoms with Crippen LogP contribution in [0, 0.1) is 29.6 Å². The molecular formula is C25H42N2O8. The van der Waals surface area contributed by atoms with Gasteiger partial charge in [0.05, 0.1) is 72.7 Å². The predicted molar refractivity (Wildman–Crippen MR) is 129 cm³/mol. The minimum Gasteiger partial charge on any atom is -0.449 e. The molecule has 0 aromatic heterocycles. The molecule has 2 N–H and O–H groups in total. The Morgan fingerprint density at radius 1 is 0.686 bits per heavy atom. The Hall–Kier alpha value is -1.90. The zero-order chi connectivity index (χ0) is 25.0. The second-order valence-corrected chi connectivity index (χ2v) is 8.49. The van der Waals surface area contributed by atoms with Crippen molar-refractivity contribution >= 4 is 12.0 Å². The van der Waals surface area contributed by atoms with Crippen LogP contribution in [0.5, 0.6) is 0 Å². The third-order valence-electron chi connectivity index (χ3n) is 5.87. The summed E-state index contributed by atoms with van der Waals surface area (Å²) in [7, 11) is 0. The van der Waals surface area contributed by atoms with Crippen LogP contribution in [0.3, 0.4) is 0 Å². The van der Waals surface area contributed by atoms with Crippen LogP contribution < -0.4 is 10.6 Å². The van der Waals surface area contributed by atoms with Crippen LogP contribution in [-0.4, -0.2) is 97.8 Å². The van der Waals surface area contributed by atoms with E-state index in [9.17, 15) is 9.59 Å². The lowest BCUT2D eigenvalue weighted by Gasteiger charge is -2.09. The molecule has 0 aliphatic heterocycles. The number of alkyl carbamates (subject to hydrolysis) is 1. The van der Waals surface area contributed by atoms with E-state index in [0.717, 1.165) is 25.7 Å². The first-order chi connectivity index (χ1) is 17.2. The molecule has 1 fully saturated rings. The summed E-state index contributed by atoms with van der Waals surface area (Å²) in [6.45, 7) is 7.61. The van der Waals surface area contributed by atoms with Crippen LogP contribution in [0.15, 0.2) is 0 Å². The number of amides is 2. The Kier molecular flexibility index (Phi) is 16.2. The molecular weight excluding hydrogens is 456 g/mol. The van der Waals surface area contributed by atoms with Crippen molar-refractivity contribution in [2.75, 3.05) is 85.8 Å². The molecule has 0 saturated heterocycles. The molecule has 0 aromatic rings. The van der Waals surface area contributed by atoms with Gasteiger partial charge in [0, 0.05) is 32.9 Å². The first-order valence-electron chi connectivity index (χ1n) is 12.7. The molecule has 0 bridgehead atoms. The number of carbonyl (C=O) groups is 2. The van der Waals surface area contributed by atoms with E-state index >= 15 is 0 Å². The Labute approximate surface area is 209 Å². The molecule has 0 radical (unpaired) electrons. The number of carbonyl (C=O) groups excluding carboxylic acids is 2. The van der Waals surface area contributed by atoms with Crippen molar-refractivity contribution in [2.24, 2.45) is 17.8 Å². The van der Waals surface area contributed by atoms with Gasteiger partial charge < -0.3 is 39.1 Å². The molecule has 2 aliphatic rings. The largest absolute Gasteiger partial charge is 0.449 e. The molecule has 35 heavy (non-hydrogen) atoms. The molecule has 0 spiro atoms. The number of hydrogen-bond donors (Lipinski definition) is 2. The highest BCUT2D eigenvalue weighted by molar-refractivity contribution is 5.72. The number of ether oxygens (including phenoxy) is 6. The molecule has 0 heterocycles. The molecule has 3 atom stereocenters.